The number of nitrogens with zero attached hydrogens (tertiary/aromatic N) is 1. The number of carbonyl (C=O) groups is 1. The number of methoxy groups -OCH3 is 1. The van der Waals surface area contributed by atoms with Crippen molar-refractivity contribution in [3.05, 3.63) is 130 Å². The molecule has 43 heavy (non-hydrogen) atoms. The zero-order chi connectivity index (χ0) is 30.1. The molecule has 1 aliphatic heterocycles. The molecule has 1 aromatic heterocycles. The van der Waals surface area contributed by atoms with Gasteiger partial charge in [-0.15, -0.1) is 0 Å². The van der Waals surface area contributed by atoms with Crippen molar-refractivity contribution in [3.8, 4) is 29.1 Å². The lowest BCUT2D eigenvalue weighted by Gasteiger charge is -2.27. The first kappa shape index (κ1) is 27.5. The Balaban J connectivity index is 1.28. The molecule has 0 spiro atoms. The molecule has 0 saturated carbocycles. The van der Waals surface area contributed by atoms with Crippen molar-refractivity contribution in [2.75, 3.05) is 7.11 Å². The van der Waals surface area contributed by atoms with Crippen LogP contribution in [0.2, 0.25) is 0 Å². The highest BCUT2D eigenvalue weighted by atomic mass is 16.5. The van der Waals surface area contributed by atoms with Gasteiger partial charge in [-0.2, -0.15) is 5.26 Å². The molecule has 0 aliphatic carbocycles. The Morgan fingerprint density at radius 1 is 0.977 bits per heavy atom. The molecule has 0 saturated heterocycles. The number of esters is 1. The van der Waals surface area contributed by atoms with Gasteiger partial charge in [0.1, 0.15) is 35.3 Å². The summed E-state index contributed by atoms with van der Waals surface area (Å²) in [6, 6.07) is 28.2. The molecule has 4 aromatic carbocycles. The molecule has 0 amide bonds. The highest BCUT2D eigenvalue weighted by molar-refractivity contribution is 5.96. The summed E-state index contributed by atoms with van der Waals surface area (Å²) in [6.07, 6.45) is 0. The van der Waals surface area contributed by atoms with Gasteiger partial charge in [0.05, 0.1) is 13.0 Å². The highest BCUT2D eigenvalue weighted by Gasteiger charge is 2.32. The molecule has 2 N–H and O–H groups in total. The van der Waals surface area contributed by atoms with E-state index in [1.54, 1.807) is 31.4 Å². The highest BCUT2D eigenvalue weighted by Crippen LogP contribution is 2.45. The molecular weight excluding hydrogens is 544 g/mol. The summed E-state index contributed by atoms with van der Waals surface area (Å²) < 4.78 is 28.9. The fraction of sp³-hybridized carbons (Fsp3) is 0.143. The van der Waals surface area contributed by atoms with E-state index < -0.39 is 11.9 Å². The molecule has 5 aromatic rings. The first-order valence-electron chi connectivity index (χ1n) is 13.6. The molecule has 1 unspecified atom stereocenters. The van der Waals surface area contributed by atoms with Crippen LogP contribution in [0.15, 0.2) is 101 Å². The number of rotatable bonds is 7. The maximum absolute atomic E-state index is 13.0. The number of ether oxygens (including phenoxy) is 4. The molecule has 8 nitrogen and oxygen atoms in total. The van der Waals surface area contributed by atoms with E-state index in [1.165, 1.54) is 5.56 Å². The van der Waals surface area contributed by atoms with Crippen LogP contribution in [0.4, 0.5) is 0 Å². The summed E-state index contributed by atoms with van der Waals surface area (Å²) in [6.45, 7) is 4.22. The number of nitrogens with two attached hydrogens (primary N) is 1. The van der Waals surface area contributed by atoms with Gasteiger partial charge < -0.3 is 29.1 Å². The third kappa shape index (κ3) is 5.24. The van der Waals surface area contributed by atoms with E-state index in [0.29, 0.717) is 40.6 Å². The van der Waals surface area contributed by atoms with Crippen molar-refractivity contribution in [2.24, 2.45) is 5.73 Å². The molecule has 0 fully saturated rings. The average Bonchev–Trinajstić information content (AvgIpc) is 3.36. The molecule has 1 aliphatic rings. The lowest BCUT2D eigenvalue weighted by Crippen LogP contribution is -2.21. The second kappa shape index (κ2) is 11.3. The summed E-state index contributed by atoms with van der Waals surface area (Å²) >= 11 is 0. The molecule has 1 atom stereocenters. The zero-order valence-corrected chi connectivity index (χ0v) is 23.8. The van der Waals surface area contributed by atoms with Crippen LogP contribution in [0.5, 0.6) is 23.0 Å². The van der Waals surface area contributed by atoms with Gasteiger partial charge in [-0.05, 0) is 49.2 Å². The molecule has 2 heterocycles. The van der Waals surface area contributed by atoms with Gasteiger partial charge in [0.25, 0.3) is 0 Å². The van der Waals surface area contributed by atoms with Crippen molar-refractivity contribution >= 4 is 16.9 Å². The van der Waals surface area contributed by atoms with Crippen LogP contribution in [0.1, 0.15) is 44.3 Å². The summed E-state index contributed by atoms with van der Waals surface area (Å²) in [4.78, 5) is 13.0. The SMILES string of the molecule is COc1cc(C2C(C#N)=C(N)Oc3cc(OC(=O)c4oc5ccccc5c4C)ccc32)ccc1OCc1ccc(C)cc1. The summed E-state index contributed by atoms with van der Waals surface area (Å²) in [5, 5.41) is 10.9. The number of fused-ring (bicyclic) bond motifs is 2. The quantitative estimate of drug-likeness (QED) is 0.162. The first-order valence-corrected chi connectivity index (χ1v) is 13.6. The lowest BCUT2D eigenvalue weighted by molar-refractivity contribution is 0.0702. The van der Waals surface area contributed by atoms with Crippen molar-refractivity contribution in [1.82, 2.24) is 0 Å². The van der Waals surface area contributed by atoms with Crippen LogP contribution < -0.4 is 24.7 Å². The minimum atomic E-state index is -0.631. The van der Waals surface area contributed by atoms with Crippen LogP contribution in [-0.2, 0) is 6.61 Å². The molecule has 6 rings (SSSR count). The van der Waals surface area contributed by atoms with Gasteiger partial charge in [0.15, 0.2) is 11.5 Å². The second-order valence-electron chi connectivity index (χ2n) is 10.3. The number of nitriles is 1. The molecular formula is C35H28N2O6. The van der Waals surface area contributed by atoms with Crippen LogP contribution in [0.25, 0.3) is 11.0 Å². The Morgan fingerprint density at radius 3 is 2.51 bits per heavy atom. The molecule has 0 bridgehead atoms. The Kier molecular flexibility index (Phi) is 7.22. The van der Waals surface area contributed by atoms with Gasteiger partial charge in [-0.1, -0.05) is 60.2 Å². The second-order valence-corrected chi connectivity index (χ2v) is 10.3. The standard InChI is InChI=1S/C35H28N2O6/c1-20-8-10-22(11-9-20)19-40-29-15-12-23(16-31(29)39-3)32-26-14-13-24(17-30(26)43-34(37)27(32)18-36)41-35(38)33-21(2)25-6-4-5-7-28(25)42-33/h4-17,32H,19,37H2,1-3H3. The van der Waals surface area contributed by atoms with E-state index >= 15 is 0 Å². The van der Waals surface area contributed by atoms with Crippen LogP contribution >= 0.6 is 0 Å². The number of carbonyl (C=O) groups excluding carboxylic acids is 1. The first-order chi connectivity index (χ1) is 20.9. The van der Waals surface area contributed by atoms with E-state index in [9.17, 15) is 10.1 Å². The topological polar surface area (TPSA) is 117 Å². The number of hydrogen-bond acceptors (Lipinski definition) is 8. The number of para-hydroxylation sites is 1. The number of allylic oxidation sites excluding steroid dienone is 1. The smallest absolute Gasteiger partial charge is 0.379 e. The predicted molar refractivity (Wildman–Crippen MR) is 160 cm³/mol. The van der Waals surface area contributed by atoms with Gasteiger partial charge >= 0.3 is 5.97 Å². The lowest BCUT2D eigenvalue weighted by atomic mass is 9.83. The van der Waals surface area contributed by atoms with E-state index in [4.69, 9.17) is 29.1 Å². The van der Waals surface area contributed by atoms with Crippen molar-refractivity contribution in [3.63, 3.8) is 0 Å². The molecule has 0 radical (unpaired) electrons. The fourth-order valence-corrected chi connectivity index (χ4v) is 5.19. The molecule has 8 heteroatoms. The largest absolute Gasteiger partial charge is 0.493 e. The number of benzene rings is 4. The van der Waals surface area contributed by atoms with Gasteiger partial charge in [-0.25, -0.2) is 4.79 Å². The monoisotopic (exact) mass is 572 g/mol. The molecule has 214 valence electrons. The number of furan rings is 1. The third-order valence-electron chi connectivity index (χ3n) is 7.47. The fourth-order valence-electron chi connectivity index (χ4n) is 5.19. The Morgan fingerprint density at radius 2 is 1.77 bits per heavy atom. The van der Waals surface area contributed by atoms with Gasteiger partial charge in [0.2, 0.25) is 11.6 Å². The van der Waals surface area contributed by atoms with Crippen LogP contribution in [0, 0.1) is 25.2 Å². The van der Waals surface area contributed by atoms with E-state index in [0.717, 1.165) is 16.5 Å². The van der Waals surface area contributed by atoms with Gasteiger partial charge in [0, 0.05) is 22.6 Å². The van der Waals surface area contributed by atoms with Crippen molar-refractivity contribution in [1.29, 1.82) is 5.26 Å². The summed E-state index contributed by atoms with van der Waals surface area (Å²) in [7, 11) is 1.57. The number of aryl methyl sites for hydroxylation is 2. The number of hydrogen-bond donors (Lipinski definition) is 1. The maximum atomic E-state index is 13.0. The Labute approximate surface area is 248 Å². The van der Waals surface area contributed by atoms with Crippen molar-refractivity contribution in [2.45, 2.75) is 26.4 Å². The normalized spacial score (nSPS) is 14.0. The van der Waals surface area contributed by atoms with E-state index in [-0.39, 0.29) is 23.0 Å². The average molecular weight is 573 g/mol. The van der Waals surface area contributed by atoms with Crippen LogP contribution in [-0.4, -0.2) is 13.1 Å². The maximum Gasteiger partial charge on any atom is 0.379 e. The summed E-state index contributed by atoms with van der Waals surface area (Å²) in [5.74, 6) is 0.609. The predicted octanol–water partition coefficient (Wildman–Crippen LogP) is 7.07. The van der Waals surface area contributed by atoms with Crippen LogP contribution in [0.3, 0.4) is 0 Å². The van der Waals surface area contributed by atoms with E-state index in [1.807, 2.05) is 74.5 Å². The third-order valence-corrected chi connectivity index (χ3v) is 7.47. The Hall–Kier alpha value is -5.68. The minimum absolute atomic E-state index is 0.0322. The minimum Gasteiger partial charge on any atom is -0.493 e. The zero-order valence-electron chi connectivity index (χ0n) is 23.8. The van der Waals surface area contributed by atoms with E-state index in [2.05, 4.69) is 6.07 Å². The van der Waals surface area contributed by atoms with Crippen molar-refractivity contribution < 1.29 is 28.2 Å². The van der Waals surface area contributed by atoms with Gasteiger partial charge in [-0.3, -0.25) is 0 Å². The summed E-state index contributed by atoms with van der Waals surface area (Å²) in [5.41, 5.74) is 11.4. The Bertz CT molecular complexity index is 1930.